The van der Waals surface area contributed by atoms with Crippen molar-refractivity contribution in [2.45, 2.75) is 37.8 Å². The van der Waals surface area contributed by atoms with Crippen LogP contribution < -0.4 is 16.0 Å². The van der Waals surface area contributed by atoms with Gasteiger partial charge >= 0.3 is 0 Å². The van der Waals surface area contributed by atoms with Gasteiger partial charge in [-0.3, -0.25) is 4.79 Å². The van der Waals surface area contributed by atoms with Crippen LogP contribution in [0.25, 0.3) is 10.9 Å². The lowest BCUT2D eigenvalue weighted by Crippen LogP contribution is -2.45. The van der Waals surface area contributed by atoms with Crippen molar-refractivity contribution < 1.29 is 13.2 Å². The SMILES string of the molecule is Cc1ccc2nc(N3CCS(=O)(=O)c4ccccc4C3)cc(NC(=O)C(C)(C)N)c2c1. The largest absolute Gasteiger partial charge is 0.351 e. The highest BCUT2D eigenvalue weighted by molar-refractivity contribution is 7.91. The van der Waals surface area contributed by atoms with Gasteiger partial charge in [-0.15, -0.1) is 0 Å². The molecule has 0 spiro atoms. The second kappa shape index (κ2) is 7.62. The Morgan fingerprint density at radius 1 is 1.16 bits per heavy atom. The van der Waals surface area contributed by atoms with Crippen molar-refractivity contribution in [1.82, 2.24) is 4.98 Å². The zero-order valence-corrected chi connectivity index (χ0v) is 18.7. The molecular formula is C23H26N4O3S. The Balaban J connectivity index is 1.81. The number of anilines is 2. The fraction of sp³-hybridized carbons (Fsp3) is 0.304. The maximum Gasteiger partial charge on any atom is 0.243 e. The molecule has 1 aliphatic heterocycles. The minimum absolute atomic E-state index is 0.00481. The number of aromatic nitrogens is 1. The lowest BCUT2D eigenvalue weighted by atomic mass is 10.1. The van der Waals surface area contributed by atoms with Crippen molar-refractivity contribution in [3.05, 3.63) is 59.7 Å². The van der Waals surface area contributed by atoms with Crippen LogP contribution in [-0.4, -0.2) is 37.1 Å². The van der Waals surface area contributed by atoms with Crippen molar-refractivity contribution in [2.75, 3.05) is 22.5 Å². The molecule has 0 saturated carbocycles. The molecule has 7 nitrogen and oxygen atoms in total. The fourth-order valence-electron chi connectivity index (χ4n) is 3.63. The van der Waals surface area contributed by atoms with Gasteiger partial charge in [0, 0.05) is 24.5 Å². The molecule has 162 valence electrons. The first-order valence-corrected chi connectivity index (χ1v) is 11.8. The van der Waals surface area contributed by atoms with Crippen molar-refractivity contribution in [3.8, 4) is 0 Å². The van der Waals surface area contributed by atoms with E-state index in [0.29, 0.717) is 35.0 Å². The summed E-state index contributed by atoms with van der Waals surface area (Å²) >= 11 is 0. The monoisotopic (exact) mass is 438 g/mol. The van der Waals surface area contributed by atoms with Crippen LogP contribution in [0.1, 0.15) is 25.0 Å². The summed E-state index contributed by atoms with van der Waals surface area (Å²) in [7, 11) is -3.37. The number of sulfone groups is 1. The van der Waals surface area contributed by atoms with E-state index in [1.54, 1.807) is 32.0 Å². The zero-order chi connectivity index (χ0) is 22.4. The molecule has 0 fully saturated rings. The maximum atomic E-state index is 12.7. The van der Waals surface area contributed by atoms with Gasteiger partial charge in [-0.05, 0) is 44.5 Å². The van der Waals surface area contributed by atoms with Crippen molar-refractivity contribution in [1.29, 1.82) is 0 Å². The lowest BCUT2D eigenvalue weighted by Gasteiger charge is -2.24. The minimum atomic E-state index is -3.37. The summed E-state index contributed by atoms with van der Waals surface area (Å²) in [6.45, 7) is 5.98. The molecule has 1 aliphatic rings. The van der Waals surface area contributed by atoms with Gasteiger partial charge in [-0.2, -0.15) is 0 Å². The van der Waals surface area contributed by atoms with Crippen LogP contribution >= 0.6 is 0 Å². The van der Waals surface area contributed by atoms with Crippen LogP contribution in [0.5, 0.6) is 0 Å². The minimum Gasteiger partial charge on any atom is -0.351 e. The van der Waals surface area contributed by atoms with Crippen LogP contribution in [-0.2, 0) is 21.2 Å². The standard InChI is InChI=1S/C23H26N4O3S/c1-15-8-9-18-17(12-15)19(26-22(28)23(2,3)24)13-21(25-18)27-10-11-31(29,30)20-7-5-4-6-16(20)14-27/h4-9,12-13H,10-11,14,24H2,1-3H3,(H,25,26,28). The van der Waals surface area contributed by atoms with Crippen molar-refractivity contribution in [2.24, 2.45) is 5.73 Å². The van der Waals surface area contributed by atoms with Crippen LogP contribution in [0.15, 0.2) is 53.4 Å². The molecule has 0 saturated heterocycles. The number of carbonyl (C=O) groups is 1. The van der Waals surface area contributed by atoms with E-state index in [1.807, 2.05) is 42.2 Å². The van der Waals surface area contributed by atoms with Crippen LogP contribution in [0.4, 0.5) is 11.5 Å². The van der Waals surface area contributed by atoms with Gasteiger partial charge in [-0.1, -0.05) is 29.8 Å². The predicted octanol–water partition coefficient (Wildman–Crippen LogP) is 3.01. The van der Waals surface area contributed by atoms with E-state index in [4.69, 9.17) is 10.7 Å². The fourth-order valence-corrected chi connectivity index (χ4v) is 5.13. The summed E-state index contributed by atoms with van der Waals surface area (Å²) in [5.74, 6) is 0.291. The molecule has 1 aromatic heterocycles. The number of nitrogens with zero attached hydrogens (tertiary/aromatic N) is 2. The first kappa shape index (κ1) is 21.3. The highest BCUT2D eigenvalue weighted by Crippen LogP contribution is 2.31. The molecule has 4 rings (SSSR count). The third-order valence-corrected chi connectivity index (χ3v) is 7.20. The van der Waals surface area contributed by atoms with E-state index in [0.717, 1.165) is 16.5 Å². The molecular weight excluding hydrogens is 412 g/mol. The van der Waals surface area contributed by atoms with Gasteiger partial charge < -0.3 is 16.0 Å². The predicted molar refractivity (Wildman–Crippen MR) is 123 cm³/mol. The number of amides is 1. The second-order valence-corrected chi connectivity index (χ2v) is 10.7. The molecule has 0 atom stereocenters. The quantitative estimate of drug-likeness (QED) is 0.651. The number of benzene rings is 2. The summed E-state index contributed by atoms with van der Waals surface area (Å²) in [6, 6.07) is 14.7. The normalized spacial score (nSPS) is 15.9. The van der Waals surface area contributed by atoms with Crippen LogP contribution in [0, 0.1) is 6.92 Å². The topological polar surface area (TPSA) is 105 Å². The first-order chi connectivity index (χ1) is 14.5. The number of rotatable bonds is 3. The number of hydrogen-bond donors (Lipinski definition) is 2. The number of carbonyl (C=O) groups excluding carboxylic acids is 1. The number of nitrogens with one attached hydrogen (secondary N) is 1. The molecule has 2 aromatic carbocycles. The van der Waals surface area contributed by atoms with Gasteiger partial charge in [-0.25, -0.2) is 13.4 Å². The van der Waals surface area contributed by atoms with Gasteiger partial charge in [0.25, 0.3) is 0 Å². The Morgan fingerprint density at radius 3 is 2.65 bits per heavy atom. The summed E-state index contributed by atoms with van der Waals surface area (Å²) in [5, 5.41) is 3.74. The molecule has 0 bridgehead atoms. The van der Waals surface area contributed by atoms with Gasteiger partial charge in [0.1, 0.15) is 5.82 Å². The van der Waals surface area contributed by atoms with Gasteiger partial charge in [0.05, 0.1) is 27.4 Å². The smallest absolute Gasteiger partial charge is 0.243 e. The highest BCUT2D eigenvalue weighted by atomic mass is 32.2. The molecule has 8 heteroatoms. The number of pyridine rings is 1. The number of hydrogen-bond acceptors (Lipinski definition) is 6. The molecule has 3 aromatic rings. The third-order valence-electron chi connectivity index (χ3n) is 5.41. The lowest BCUT2D eigenvalue weighted by molar-refractivity contribution is -0.120. The molecule has 0 radical (unpaired) electrons. The maximum absolute atomic E-state index is 12.7. The van der Waals surface area contributed by atoms with E-state index in [2.05, 4.69) is 5.32 Å². The van der Waals surface area contributed by atoms with Crippen molar-refractivity contribution in [3.63, 3.8) is 0 Å². The average Bonchev–Trinajstić information content (AvgIpc) is 2.84. The highest BCUT2D eigenvalue weighted by Gasteiger charge is 2.27. The molecule has 31 heavy (non-hydrogen) atoms. The summed E-state index contributed by atoms with van der Waals surface area (Å²) in [6.07, 6.45) is 0. The van der Waals surface area contributed by atoms with E-state index in [-0.39, 0.29) is 11.7 Å². The average molecular weight is 439 g/mol. The molecule has 0 unspecified atom stereocenters. The van der Waals surface area contributed by atoms with E-state index in [9.17, 15) is 13.2 Å². The van der Waals surface area contributed by atoms with E-state index < -0.39 is 15.4 Å². The Bertz CT molecular complexity index is 1280. The van der Waals surface area contributed by atoms with Crippen molar-refractivity contribution >= 4 is 38.2 Å². The van der Waals surface area contributed by atoms with Gasteiger partial charge in [0.2, 0.25) is 5.91 Å². The number of nitrogens with two attached hydrogens (primary N) is 1. The Labute approximate surface area is 182 Å². The first-order valence-electron chi connectivity index (χ1n) is 10.1. The number of fused-ring (bicyclic) bond motifs is 2. The molecule has 0 aliphatic carbocycles. The Kier molecular flexibility index (Phi) is 5.23. The Morgan fingerprint density at radius 2 is 1.90 bits per heavy atom. The number of aryl methyl sites for hydroxylation is 1. The van der Waals surface area contributed by atoms with Crippen LogP contribution in [0.3, 0.4) is 0 Å². The molecule has 1 amide bonds. The van der Waals surface area contributed by atoms with E-state index >= 15 is 0 Å². The third kappa shape index (κ3) is 4.26. The zero-order valence-electron chi connectivity index (χ0n) is 17.8. The summed E-state index contributed by atoms with van der Waals surface area (Å²) in [4.78, 5) is 19.7. The summed E-state index contributed by atoms with van der Waals surface area (Å²) < 4.78 is 25.4. The van der Waals surface area contributed by atoms with Crippen LogP contribution in [0.2, 0.25) is 0 Å². The molecule has 3 N–H and O–H groups in total. The van der Waals surface area contributed by atoms with E-state index in [1.165, 1.54) is 0 Å². The second-order valence-electron chi connectivity index (χ2n) is 8.57. The summed E-state index contributed by atoms with van der Waals surface area (Å²) in [5.41, 5.74) is 8.03. The van der Waals surface area contributed by atoms with Gasteiger partial charge in [0.15, 0.2) is 9.84 Å². The molecule has 2 heterocycles. The Hall–Kier alpha value is -2.97.